The molecule has 0 aliphatic rings. The summed E-state index contributed by atoms with van der Waals surface area (Å²) in [6.45, 7) is 3.61. The molecule has 0 aliphatic heterocycles. The maximum Gasteiger partial charge on any atom is 0.338 e. The lowest BCUT2D eigenvalue weighted by Crippen LogP contribution is -2.32. The molecule has 6 heteroatoms. The molecule has 1 N–H and O–H groups in total. The van der Waals surface area contributed by atoms with Gasteiger partial charge in [-0.1, -0.05) is 24.6 Å². The van der Waals surface area contributed by atoms with Crippen molar-refractivity contribution in [2.45, 2.75) is 26.4 Å². The van der Waals surface area contributed by atoms with E-state index in [0.29, 0.717) is 34.0 Å². The number of methoxy groups -OCH3 is 1. The Hall–Kier alpha value is -2.53. The number of halogens is 1. The van der Waals surface area contributed by atoms with E-state index in [2.05, 4.69) is 5.32 Å². The van der Waals surface area contributed by atoms with Crippen LogP contribution >= 0.6 is 11.6 Å². The third-order valence-corrected chi connectivity index (χ3v) is 4.00. The van der Waals surface area contributed by atoms with E-state index < -0.39 is 12.1 Å². The summed E-state index contributed by atoms with van der Waals surface area (Å²) in [6, 6.07) is 11.9. The highest BCUT2D eigenvalue weighted by molar-refractivity contribution is 6.30. The van der Waals surface area contributed by atoms with Gasteiger partial charge >= 0.3 is 5.97 Å². The van der Waals surface area contributed by atoms with Gasteiger partial charge in [-0.3, -0.25) is 4.79 Å². The van der Waals surface area contributed by atoms with Gasteiger partial charge in [-0.05, 0) is 55.3 Å². The molecule has 0 fully saturated rings. The number of carbonyl (C=O) groups is 2. The minimum absolute atomic E-state index is 0.289. The molecule has 1 amide bonds. The molecule has 25 heavy (non-hydrogen) atoms. The van der Waals surface area contributed by atoms with Gasteiger partial charge in [0.05, 0.1) is 12.7 Å². The van der Waals surface area contributed by atoms with Gasteiger partial charge in [0.15, 0.2) is 6.10 Å². The van der Waals surface area contributed by atoms with Crippen molar-refractivity contribution in [3.8, 4) is 5.75 Å². The molecule has 0 saturated carbocycles. The topological polar surface area (TPSA) is 64.6 Å². The van der Waals surface area contributed by atoms with E-state index in [4.69, 9.17) is 21.1 Å². The predicted octanol–water partition coefficient (Wildman–Crippen LogP) is 4.23. The molecule has 1 atom stereocenters. The van der Waals surface area contributed by atoms with Gasteiger partial charge in [-0.25, -0.2) is 4.79 Å². The van der Waals surface area contributed by atoms with Crippen molar-refractivity contribution in [2.75, 3.05) is 12.4 Å². The van der Waals surface area contributed by atoms with Crippen LogP contribution < -0.4 is 10.1 Å². The Balaban J connectivity index is 2.14. The highest BCUT2D eigenvalue weighted by Gasteiger charge is 2.20. The van der Waals surface area contributed by atoms with E-state index in [0.717, 1.165) is 0 Å². The van der Waals surface area contributed by atoms with Gasteiger partial charge in [0, 0.05) is 10.7 Å². The smallest absolute Gasteiger partial charge is 0.338 e. The lowest BCUT2D eigenvalue weighted by Gasteiger charge is -2.18. The molecule has 0 unspecified atom stereocenters. The normalized spacial score (nSPS) is 11.5. The van der Waals surface area contributed by atoms with Crippen LogP contribution in [0.15, 0.2) is 42.5 Å². The van der Waals surface area contributed by atoms with E-state index in [1.54, 1.807) is 49.4 Å². The molecule has 132 valence electrons. The molecule has 0 bridgehead atoms. The summed E-state index contributed by atoms with van der Waals surface area (Å²) in [5, 5.41) is 3.41. The van der Waals surface area contributed by atoms with Crippen LogP contribution in [0.3, 0.4) is 0 Å². The largest absolute Gasteiger partial charge is 0.481 e. The molecule has 0 saturated heterocycles. The van der Waals surface area contributed by atoms with Gasteiger partial charge in [0.25, 0.3) is 5.91 Å². The Morgan fingerprint density at radius 2 is 1.84 bits per heavy atom. The fourth-order valence-electron chi connectivity index (χ4n) is 2.32. The van der Waals surface area contributed by atoms with Crippen LogP contribution in [0.4, 0.5) is 5.69 Å². The maximum atomic E-state index is 12.5. The molecule has 2 aromatic carbocycles. The number of esters is 1. The molecule has 0 radical (unpaired) electrons. The van der Waals surface area contributed by atoms with Gasteiger partial charge in [0.1, 0.15) is 5.75 Å². The molecular weight excluding hydrogens is 342 g/mol. The first-order chi connectivity index (χ1) is 12.0. The number of hydrogen-bond acceptors (Lipinski definition) is 4. The molecule has 0 heterocycles. The van der Waals surface area contributed by atoms with E-state index in [-0.39, 0.29) is 5.91 Å². The summed E-state index contributed by atoms with van der Waals surface area (Å²) in [4.78, 5) is 24.3. The van der Waals surface area contributed by atoms with E-state index in [1.165, 1.54) is 7.11 Å². The Bertz CT molecular complexity index is 759. The van der Waals surface area contributed by atoms with Crippen LogP contribution in [0.25, 0.3) is 0 Å². The Morgan fingerprint density at radius 3 is 2.44 bits per heavy atom. The van der Waals surface area contributed by atoms with Gasteiger partial charge < -0.3 is 14.8 Å². The van der Waals surface area contributed by atoms with Crippen molar-refractivity contribution in [3.63, 3.8) is 0 Å². The van der Waals surface area contributed by atoms with Crippen LogP contribution in [-0.4, -0.2) is 25.1 Å². The quantitative estimate of drug-likeness (QED) is 0.782. The molecule has 0 spiro atoms. The van der Waals surface area contributed by atoms with Crippen molar-refractivity contribution in [3.05, 3.63) is 58.6 Å². The predicted molar refractivity (Wildman–Crippen MR) is 97.3 cm³/mol. The summed E-state index contributed by atoms with van der Waals surface area (Å²) in [5.41, 5.74) is 1.60. The summed E-state index contributed by atoms with van der Waals surface area (Å²) in [5.74, 6) is -0.174. The lowest BCUT2D eigenvalue weighted by atomic mass is 10.1. The zero-order valence-electron chi connectivity index (χ0n) is 14.3. The Labute approximate surface area is 151 Å². The maximum absolute atomic E-state index is 12.5. The summed E-state index contributed by atoms with van der Waals surface area (Å²) in [7, 11) is 1.32. The first-order valence-corrected chi connectivity index (χ1v) is 8.25. The number of rotatable bonds is 6. The molecule has 2 aromatic rings. The van der Waals surface area contributed by atoms with Gasteiger partial charge in [0.2, 0.25) is 0 Å². The number of ether oxygens (including phenoxy) is 2. The second kappa shape index (κ2) is 8.53. The molecular formula is C19H20ClNO4. The van der Waals surface area contributed by atoms with E-state index >= 15 is 0 Å². The van der Waals surface area contributed by atoms with Crippen molar-refractivity contribution in [1.82, 2.24) is 0 Å². The van der Waals surface area contributed by atoms with Crippen LogP contribution in [-0.2, 0) is 9.53 Å². The van der Waals surface area contributed by atoms with Crippen LogP contribution in [0.2, 0.25) is 5.02 Å². The molecule has 0 aliphatic carbocycles. The van der Waals surface area contributed by atoms with Gasteiger partial charge in [-0.15, -0.1) is 0 Å². The van der Waals surface area contributed by atoms with Crippen LogP contribution in [0.1, 0.15) is 29.3 Å². The minimum atomic E-state index is -0.664. The minimum Gasteiger partial charge on any atom is -0.481 e. The zero-order chi connectivity index (χ0) is 18.4. The number of nitrogens with one attached hydrogen (secondary N) is 1. The van der Waals surface area contributed by atoms with E-state index in [1.807, 2.05) is 6.92 Å². The first-order valence-electron chi connectivity index (χ1n) is 7.87. The fourth-order valence-corrected chi connectivity index (χ4v) is 2.44. The standard InChI is InChI=1S/C19H20ClNO4/c1-4-17(25-14-10-8-13(20)9-11-14)18(22)21-16-7-5-6-15(12(16)2)19(23)24-3/h5-11,17H,4H2,1-3H3,(H,21,22)/t17-/m0/s1. The number of carbonyl (C=O) groups excluding carboxylic acids is 2. The highest BCUT2D eigenvalue weighted by Crippen LogP contribution is 2.22. The second-order valence-corrected chi connectivity index (χ2v) is 5.86. The van der Waals surface area contributed by atoms with Crippen molar-refractivity contribution < 1.29 is 19.1 Å². The number of anilines is 1. The average Bonchev–Trinajstić information content (AvgIpc) is 2.62. The van der Waals surface area contributed by atoms with Crippen molar-refractivity contribution in [2.24, 2.45) is 0 Å². The third kappa shape index (κ3) is 4.73. The number of amides is 1. The monoisotopic (exact) mass is 361 g/mol. The summed E-state index contributed by atoms with van der Waals surface area (Å²) >= 11 is 5.85. The lowest BCUT2D eigenvalue weighted by molar-refractivity contribution is -0.122. The summed E-state index contributed by atoms with van der Waals surface area (Å²) in [6.07, 6.45) is -0.174. The third-order valence-electron chi connectivity index (χ3n) is 3.75. The highest BCUT2D eigenvalue weighted by atomic mass is 35.5. The van der Waals surface area contributed by atoms with Crippen LogP contribution in [0, 0.1) is 6.92 Å². The molecule has 0 aromatic heterocycles. The summed E-state index contributed by atoms with van der Waals surface area (Å²) < 4.78 is 10.5. The van der Waals surface area contributed by atoms with Crippen molar-refractivity contribution >= 4 is 29.2 Å². The molecule has 2 rings (SSSR count). The van der Waals surface area contributed by atoms with Gasteiger partial charge in [-0.2, -0.15) is 0 Å². The van der Waals surface area contributed by atoms with E-state index in [9.17, 15) is 9.59 Å². The second-order valence-electron chi connectivity index (χ2n) is 5.43. The fraction of sp³-hybridized carbons (Fsp3) is 0.263. The zero-order valence-corrected chi connectivity index (χ0v) is 15.1. The molecule has 5 nitrogen and oxygen atoms in total. The Morgan fingerprint density at radius 1 is 1.16 bits per heavy atom. The number of hydrogen-bond donors (Lipinski definition) is 1. The Kier molecular flexibility index (Phi) is 6.42. The SMILES string of the molecule is CC[C@H](Oc1ccc(Cl)cc1)C(=O)Nc1cccc(C(=O)OC)c1C. The van der Waals surface area contributed by atoms with Crippen molar-refractivity contribution in [1.29, 1.82) is 0 Å². The first kappa shape index (κ1) is 18.8. The number of benzene rings is 2. The average molecular weight is 362 g/mol. The van der Waals surface area contributed by atoms with Crippen LogP contribution in [0.5, 0.6) is 5.75 Å².